The molecule has 24 heavy (non-hydrogen) atoms. The molecule has 0 radical (unpaired) electrons. The first-order chi connectivity index (χ1) is 11.7. The van der Waals surface area contributed by atoms with Crippen LogP contribution in [0.5, 0.6) is 0 Å². The molecule has 0 saturated heterocycles. The summed E-state index contributed by atoms with van der Waals surface area (Å²) in [6.45, 7) is 1.94. The van der Waals surface area contributed by atoms with E-state index in [4.69, 9.17) is 0 Å². The number of benzene rings is 1. The van der Waals surface area contributed by atoms with E-state index in [1.165, 1.54) is 12.4 Å². The number of aromatic nitrogens is 4. The molecule has 1 amide bonds. The molecule has 2 heterocycles. The average Bonchev–Trinajstić information content (AvgIpc) is 3.16. The van der Waals surface area contributed by atoms with Gasteiger partial charge in [-0.1, -0.05) is 18.2 Å². The fourth-order valence-corrected chi connectivity index (χ4v) is 2.25. The number of hydrogen-bond acceptors (Lipinski definition) is 4. The monoisotopic (exact) mass is 319 g/mol. The van der Waals surface area contributed by atoms with E-state index in [1.807, 2.05) is 43.3 Å². The van der Waals surface area contributed by atoms with E-state index >= 15 is 0 Å². The van der Waals surface area contributed by atoms with Crippen LogP contribution in [-0.2, 0) is 4.79 Å². The first kappa shape index (κ1) is 15.6. The molecule has 0 spiro atoms. The Morgan fingerprint density at radius 1 is 1.21 bits per heavy atom. The number of nitrogens with one attached hydrogen (secondary N) is 1. The molecule has 0 fully saturated rings. The summed E-state index contributed by atoms with van der Waals surface area (Å²) in [4.78, 5) is 19.9. The van der Waals surface area contributed by atoms with Crippen molar-refractivity contribution in [1.82, 2.24) is 25.1 Å². The quantitative estimate of drug-likeness (QED) is 0.734. The van der Waals surface area contributed by atoms with Crippen molar-refractivity contribution in [2.75, 3.05) is 0 Å². The summed E-state index contributed by atoms with van der Waals surface area (Å²) in [5, 5.41) is 7.02. The van der Waals surface area contributed by atoms with Gasteiger partial charge in [-0.25, -0.2) is 9.67 Å². The standard InChI is InChI=1S/C18H17N5O/c1-14(22-18(24)9-4-15-3-2-10-19-11-15)16-5-7-17(8-6-16)23-13-20-12-21-23/h2-14H,1H3,(H,22,24)/b9-4+. The summed E-state index contributed by atoms with van der Waals surface area (Å²) in [5.74, 6) is -0.147. The topological polar surface area (TPSA) is 72.7 Å². The molecule has 3 aromatic rings. The molecule has 1 N–H and O–H groups in total. The molecule has 0 saturated carbocycles. The van der Waals surface area contributed by atoms with E-state index in [0.29, 0.717) is 0 Å². The van der Waals surface area contributed by atoms with Crippen LogP contribution < -0.4 is 5.32 Å². The number of carbonyl (C=O) groups excluding carboxylic acids is 1. The summed E-state index contributed by atoms with van der Waals surface area (Å²) < 4.78 is 1.68. The van der Waals surface area contributed by atoms with Crippen molar-refractivity contribution in [2.45, 2.75) is 13.0 Å². The summed E-state index contributed by atoms with van der Waals surface area (Å²) in [6.07, 6.45) is 9.79. The van der Waals surface area contributed by atoms with Gasteiger partial charge in [-0.05, 0) is 42.3 Å². The second-order valence-electron chi connectivity index (χ2n) is 5.28. The van der Waals surface area contributed by atoms with Crippen LogP contribution in [0, 0.1) is 0 Å². The van der Waals surface area contributed by atoms with Crippen molar-refractivity contribution in [3.8, 4) is 5.69 Å². The van der Waals surface area contributed by atoms with Crippen LogP contribution in [0.4, 0.5) is 0 Å². The smallest absolute Gasteiger partial charge is 0.244 e. The highest BCUT2D eigenvalue weighted by Gasteiger charge is 2.08. The van der Waals surface area contributed by atoms with E-state index in [2.05, 4.69) is 20.4 Å². The lowest BCUT2D eigenvalue weighted by Crippen LogP contribution is -2.24. The van der Waals surface area contributed by atoms with E-state index in [-0.39, 0.29) is 11.9 Å². The molecule has 0 aliphatic rings. The largest absolute Gasteiger partial charge is 0.346 e. The highest BCUT2D eigenvalue weighted by molar-refractivity contribution is 5.91. The van der Waals surface area contributed by atoms with Gasteiger partial charge in [0.15, 0.2) is 0 Å². The minimum absolute atomic E-state index is 0.0964. The Morgan fingerprint density at radius 2 is 2.04 bits per heavy atom. The molecular formula is C18H17N5O. The zero-order valence-electron chi connectivity index (χ0n) is 13.2. The molecule has 0 bridgehead atoms. The Morgan fingerprint density at radius 3 is 2.71 bits per heavy atom. The van der Waals surface area contributed by atoms with Gasteiger partial charge >= 0.3 is 0 Å². The fourth-order valence-electron chi connectivity index (χ4n) is 2.25. The van der Waals surface area contributed by atoms with E-state index in [9.17, 15) is 4.79 Å². The number of rotatable bonds is 5. The molecule has 1 unspecified atom stereocenters. The second kappa shape index (κ2) is 7.32. The van der Waals surface area contributed by atoms with Gasteiger partial charge in [0, 0.05) is 18.5 Å². The number of amides is 1. The molecule has 1 aromatic carbocycles. The maximum atomic E-state index is 12.0. The lowest BCUT2D eigenvalue weighted by atomic mass is 10.1. The number of nitrogens with zero attached hydrogens (tertiary/aromatic N) is 4. The van der Waals surface area contributed by atoms with Gasteiger partial charge in [0.2, 0.25) is 5.91 Å². The summed E-state index contributed by atoms with van der Waals surface area (Å²) in [6, 6.07) is 11.4. The lowest BCUT2D eigenvalue weighted by Gasteiger charge is -2.13. The van der Waals surface area contributed by atoms with Crippen molar-refractivity contribution in [3.63, 3.8) is 0 Å². The number of carbonyl (C=O) groups is 1. The normalized spacial score (nSPS) is 12.2. The van der Waals surface area contributed by atoms with Crippen molar-refractivity contribution in [2.24, 2.45) is 0 Å². The zero-order valence-corrected chi connectivity index (χ0v) is 13.2. The number of hydrogen-bond donors (Lipinski definition) is 1. The lowest BCUT2D eigenvalue weighted by molar-refractivity contribution is -0.117. The highest BCUT2D eigenvalue weighted by atomic mass is 16.1. The predicted octanol–water partition coefficient (Wildman–Crippen LogP) is 2.55. The van der Waals surface area contributed by atoms with Gasteiger partial charge < -0.3 is 5.32 Å². The van der Waals surface area contributed by atoms with E-state index < -0.39 is 0 Å². The first-order valence-electron chi connectivity index (χ1n) is 7.56. The van der Waals surface area contributed by atoms with Crippen LogP contribution in [0.3, 0.4) is 0 Å². The predicted molar refractivity (Wildman–Crippen MR) is 91.2 cm³/mol. The minimum Gasteiger partial charge on any atom is -0.346 e. The van der Waals surface area contributed by atoms with E-state index in [1.54, 1.807) is 29.5 Å². The van der Waals surface area contributed by atoms with Crippen LogP contribution in [0.1, 0.15) is 24.1 Å². The molecule has 6 heteroatoms. The summed E-state index contributed by atoms with van der Waals surface area (Å²) in [5.41, 5.74) is 2.82. The van der Waals surface area contributed by atoms with Gasteiger partial charge in [0.1, 0.15) is 12.7 Å². The SMILES string of the molecule is CC(NC(=O)/C=C/c1cccnc1)c1ccc(-n2cncn2)cc1. The van der Waals surface area contributed by atoms with Crippen LogP contribution in [-0.4, -0.2) is 25.7 Å². The average molecular weight is 319 g/mol. The van der Waals surface area contributed by atoms with Gasteiger partial charge in [-0.3, -0.25) is 9.78 Å². The molecule has 0 aliphatic carbocycles. The Bertz CT molecular complexity index is 810. The van der Waals surface area contributed by atoms with Crippen LogP contribution >= 0.6 is 0 Å². The Hall–Kier alpha value is -3.28. The maximum Gasteiger partial charge on any atom is 0.244 e. The Balaban J connectivity index is 1.61. The van der Waals surface area contributed by atoms with Crippen molar-refractivity contribution in [1.29, 1.82) is 0 Å². The van der Waals surface area contributed by atoms with Crippen LogP contribution in [0.2, 0.25) is 0 Å². The van der Waals surface area contributed by atoms with Gasteiger partial charge in [-0.15, -0.1) is 0 Å². The molecule has 3 rings (SSSR count). The van der Waals surface area contributed by atoms with E-state index in [0.717, 1.165) is 16.8 Å². The van der Waals surface area contributed by atoms with Crippen molar-refractivity contribution in [3.05, 3.63) is 78.6 Å². The minimum atomic E-state index is -0.147. The Kier molecular flexibility index (Phi) is 4.76. The van der Waals surface area contributed by atoms with Gasteiger partial charge in [0.05, 0.1) is 11.7 Å². The highest BCUT2D eigenvalue weighted by Crippen LogP contribution is 2.15. The summed E-state index contributed by atoms with van der Waals surface area (Å²) >= 11 is 0. The number of pyridine rings is 1. The van der Waals surface area contributed by atoms with Crippen LogP contribution in [0.25, 0.3) is 11.8 Å². The Labute approximate surface area is 139 Å². The molecule has 1 atom stereocenters. The second-order valence-corrected chi connectivity index (χ2v) is 5.28. The summed E-state index contributed by atoms with van der Waals surface area (Å²) in [7, 11) is 0. The molecular weight excluding hydrogens is 302 g/mol. The molecule has 6 nitrogen and oxygen atoms in total. The first-order valence-corrected chi connectivity index (χ1v) is 7.56. The maximum absolute atomic E-state index is 12.0. The third-order valence-electron chi connectivity index (χ3n) is 3.55. The van der Waals surface area contributed by atoms with Crippen LogP contribution in [0.15, 0.2) is 67.5 Å². The molecule has 120 valence electrons. The van der Waals surface area contributed by atoms with Crippen molar-refractivity contribution >= 4 is 12.0 Å². The van der Waals surface area contributed by atoms with Gasteiger partial charge in [-0.2, -0.15) is 5.10 Å². The third kappa shape index (κ3) is 3.92. The third-order valence-corrected chi connectivity index (χ3v) is 3.55. The molecule has 2 aromatic heterocycles. The molecule has 0 aliphatic heterocycles. The van der Waals surface area contributed by atoms with Gasteiger partial charge in [0.25, 0.3) is 0 Å². The van der Waals surface area contributed by atoms with Crippen molar-refractivity contribution < 1.29 is 4.79 Å². The zero-order chi connectivity index (χ0) is 16.8. The fraction of sp³-hybridized carbons (Fsp3) is 0.111.